The van der Waals surface area contributed by atoms with Gasteiger partial charge in [0.25, 0.3) is 0 Å². The van der Waals surface area contributed by atoms with Gasteiger partial charge >= 0.3 is 17.9 Å². The molecular formula is C62H104O6. The monoisotopic (exact) mass is 945 g/mol. The fraction of sp³-hybridized carbons (Fsp3) is 0.694. The second-order valence-electron chi connectivity index (χ2n) is 18.5. The summed E-state index contributed by atoms with van der Waals surface area (Å²) in [7, 11) is 0. The summed E-state index contributed by atoms with van der Waals surface area (Å²) in [6.07, 6.45) is 73.9. The van der Waals surface area contributed by atoms with E-state index in [0.29, 0.717) is 19.3 Å². The van der Waals surface area contributed by atoms with Gasteiger partial charge in [0.1, 0.15) is 13.2 Å². The Morgan fingerprint density at radius 3 is 1.04 bits per heavy atom. The maximum atomic E-state index is 12.8. The van der Waals surface area contributed by atoms with Crippen LogP contribution < -0.4 is 0 Å². The molecule has 0 aliphatic rings. The molecule has 0 fully saturated rings. The van der Waals surface area contributed by atoms with Crippen molar-refractivity contribution in [1.29, 1.82) is 0 Å². The predicted molar refractivity (Wildman–Crippen MR) is 293 cm³/mol. The molecule has 0 aromatic heterocycles. The van der Waals surface area contributed by atoms with Crippen LogP contribution in [0.4, 0.5) is 0 Å². The SMILES string of the molecule is CC/C=C\C/C=C\C/C=C\CCCCCCCCC(=O)OC(COC(=O)CCCCC/C=C\C=C/CCCCCCCCC)COC(=O)CCCCCCC\C=C/C=C\C=C/CCCCCCC. The van der Waals surface area contributed by atoms with Crippen molar-refractivity contribution in [3.8, 4) is 0 Å². The van der Waals surface area contributed by atoms with Gasteiger partial charge in [-0.1, -0.05) is 234 Å². The van der Waals surface area contributed by atoms with E-state index in [4.69, 9.17) is 14.2 Å². The molecule has 6 nitrogen and oxygen atoms in total. The van der Waals surface area contributed by atoms with Crippen molar-refractivity contribution in [3.05, 3.63) is 97.2 Å². The standard InChI is InChI=1S/C62H104O6/c1-4-7-10-13-16-19-22-25-28-31-32-35-37-40-43-46-49-52-55-61(64)67-58-59(68-62(65)56-53-50-47-44-41-38-34-30-27-24-21-18-15-12-9-6-3)57-66-60(63)54-51-48-45-42-39-36-33-29-26-23-20-17-14-11-8-5-2/h9,12,18,21-22,25,27-33,35-36,39,59H,4-8,10-11,13-17,19-20,23-24,26,34,37-38,40-58H2,1-3H3/b12-9-,21-18-,25-22-,30-27-,31-28-,33-29-,35-32-,39-36-. The minimum atomic E-state index is -0.805. The van der Waals surface area contributed by atoms with Gasteiger partial charge < -0.3 is 14.2 Å². The number of carbonyl (C=O) groups is 3. The smallest absolute Gasteiger partial charge is 0.306 e. The highest BCUT2D eigenvalue weighted by atomic mass is 16.6. The number of hydrogen-bond donors (Lipinski definition) is 0. The first-order valence-corrected chi connectivity index (χ1v) is 28.3. The van der Waals surface area contributed by atoms with Gasteiger partial charge in [0.05, 0.1) is 0 Å². The first kappa shape index (κ1) is 64.3. The largest absolute Gasteiger partial charge is 0.462 e. The summed E-state index contributed by atoms with van der Waals surface area (Å²) < 4.78 is 16.8. The molecule has 1 unspecified atom stereocenters. The van der Waals surface area contributed by atoms with E-state index in [1.807, 2.05) is 0 Å². The molecular weight excluding hydrogens is 841 g/mol. The van der Waals surface area contributed by atoms with Gasteiger partial charge in [0.2, 0.25) is 0 Å². The Kier molecular flexibility index (Phi) is 52.9. The molecule has 0 spiro atoms. The van der Waals surface area contributed by atoms with Gasteiger partial charge in [0, 0.05) is 19.3 Å². The van der Waals surface area contributed by atoms with Crippen LogP contribution >= 0.6 is 0 Å². The number of allylic oxidation sites excluding steroid dienone is 16. The van der Waals surface area contributed by atoms with Gasteiger partial charge in [-0.15, -0.1) is 0 Å². The Hall–Kier alpha value is -3.67. The lowest BCUT2D eigenvalue weighted by Gasteiger charge is -2.18. The van der Waals surface area contributed by atoms with E-state index >= 15 is 0 Å². The molecule has 0 radical (unpaired) electrons. The van der Waals surface area contributed by atoms with Crippen LogP contribution in [0.15, 0.2) is 97.2 Å². The van der Waals surface area contributed by atoms with Crippen molar-refractivity contribution in [2.45, 2.75) is 264 Å². The molecule has 0 saturated carbocycles. The molecule has 0 aliphatic carbocycles. The number of carbonyl (C=O) groups excluding carboxylic acids is 3. The van der Waals surface area contributed by atoms with Crippen LogP contribution in [0.1, 0.15) is 258 Å². The molecule has 0 heterocycles. The first-order valence-electron chi connectivity index (χ1n) is 28.3. The third-order valence-electron chi connectivity index (χ3n) is 11.9. The Labute approximate surface area is 419 Å². The van der Waals surface area contributed by atoms with Gasteiger partial charge in [-0.25, -0.2) is 0 Å². The number of hydrogen-bond acceptors (Lipinski definition) is 6. The topological polar surface area (TPSA) is 78.9 Å². The number of ether oxygens (including phenoxy) is 3. The summed E-state index contributed by atoms with van der Waals surface area (Å²) in [6.45, 7) is 6.46. The van der Waals surface area contributed by atoms with E-state index in [-0.39, 0.29) is 31.1 Å². The van der Waals surface area contributed by atoms with E-state index in [1.165, 1.54) is 89.9 Å². The van der Waals surface area contributed by atoms with Crippen LogP contribution in [0.2, 0.25) is 0 Å². The van der Waals surface area contributed by atoms with Crippen molar-refractivity contribution < 1.29 is 28.6 Å². The van der Waals surface area contributed by atoms with Gasteiger partial charge in [-0.3, -0.25) is 14.4 Å². The lowest BCUT2D eigenvalue weighted by Crippen LogP contribution is -2.30. The molecule has 68 heavy (non-hydrogen) atoms. The Morgan fingerprint density at radius 1 is 0.324 bits per heavy atom. The second kappa shape index (κ2) is 55.9. The summed E-state index contributed by atoms with van der Waals surface area (Å²) in [4.78, 5) is 38.1. The fourth-order valence-electron chi connectivity index (χ4n) is 7.62. The minimum absolute atomic E-state index is 0.103. The molecule has 0 aromatic rings. The molecule has 0 bridgehead atoms. The highest BCUT2D eigenvalue weighted by Gasteiger charge is 2.19. The highest BCUT2D eigenvalue weighted by Crippen LogP contribution is 2.14. The van der Waals surface area contributed by atoms with E-state index in [9.17, 15) is 14.4 Å². The Morgan fingerprint density at radius 2 is 0.632 bits per heavy atom. The highest BCUT2D eigenvalue weighted by molar-refractivity contribution is 5.71. The van der Waals surface area contributed by atoms with Crippen molar-refractivity contribution in [2.24, 2.45) is 0 Å². The lowest BCUT2D eigenvalue weighted by atomic mass is 10.1. The van der Waals surface area contributed by atoms with Crippen molar-refractivity contribution in [1.82, 2.24) is 0 Å². The Bertz CT molecular complexity index is 1360. The van der Waals surface area contributed by atoms with Gasteiger partial charge in [-0.2, -0.15) is 0 Å². The van der Waals surface area contributed by atoms with Gasteiger partial charge in [-0.05, 0) is 103 Å². The Balaban J connectivity index is 4.50. The number of unbranched alkanes of at least 4 members (excludes halogenated alkanes) is 26. The second-order valence-corrected chi connectivity index (χ2v) is 18.5. The minimum Gasteiger partial charge on any atom is -0.462 e. The molecule has 6 heteroatoms. The maximum absolute atomic E-state index is 12.8. The first-order chi connectivity index (χ1) is 33.5. The zero-order valence-electron chi connectivity index (χ0n) is 44.3. The van der Waals surface area contributed by atoms with Crippen LogP contribution in [0, 0.1) is 0 Å². The van der Waals surface area contributed by atoms with Crippen molar-refractivity contribution in [3.63, 3.8) is 0 Å². The summed E-state index contributed by atoms with van der Waals surface area (Å²) in [5, 5.41) is 0. The van der Waals surface area contributed by atoms with E-state index in [1.54, 1.807) is 0 Å². The summed E-state index contributed by atoms with van der Waals surface area (Å²) in [5.41, 5.74) is 0. The van der Waals surface area contributed by atoms with Crippen LogP contribution in [0.25, 0.3) is 0 Å². The molecule has 0 saturated heterocycles. The average molecular weight is 946 g/mol. The van der Waals surface area contributed by atoms with Crippen molar-refractivity contribution >= 4 is 17.9 Å². The summed E-state index contributed by atoms with van der Waals surface area (Å²) in [5.74, 6) is -0.959. The molecule has 0 N–H and O–H groups in total. The zero-order chi connectivity index (χ0) is 49.3. The predicted octanol–water partition coefficient (Wildman–Crippen LogP) is 18.9. The molecule has 0 rings (SSSR count). The number of esters is 3. The van der Waals surface area contributed by atoms with Gasteiger partial charge in [0.15, 0.2) is 6.10 Å². The molecule has 1 atom stereocenters. The number of rotatable bonds is 50. The molecule has 0 aliphatic heterocycles. The maximum Gasteiger partial charge on any atom is 0.306 e. The lowest BCUT2D eigenvalue weighted by molar-refractivity contribution is -0.167. The van der Waals surface area contributed by atoms with E-state index < -0.39 is 6.10 Å². The third kappa shape index (κ3) is 53.3. The average Bonchev–Trinajstić information content (AvgIpc) is 3.34. The van der Waals surface area contributed by atoms with Crippen LogP contribution in [0.3, 0.4) is 0 Å². The van der Waals surface area contributed by atoms with E-state index in [2.05, 4.69) is 118 Å². The normalized spacial score (nSPS) is 12.8. The van der Waals surface area contributed by atoms with Crippen LogP contribution in [0.5, 0.6) is 0 Å². The van der Waals surface area contributed by atoms with Crippen LogP contribution in [-0.2, 0) is 28.6 Å². The van der Waals surface area contributed by atoms with Crippen LogP contribution in [-0.4, -0.2) is 37.2 Å². The molecule has 388 valence electrons. The van der Waals surface area contributed by atoms with E-state index in [0.717, 1.165) is 128 Å². The summed E-state index contributed by atoms with van der Waals surface area (Å²) in [6, 6.07) is 0. The fourth-order valence-corrected chi connectivity index (χ4v) is 7.62. The molecule has 0 aromatic carbocycles. The quantitative estimate of drug-likeness (QED) is 0.0199. The zero-order valence-corrected chi connectivity index (χ0v) is 44.3. The third-order valence-corrected chi connectivity index (χ3v) is 11.9. The molecule has 0 amide bonds. The van der Waals surface area contributed by atoms with Crippen molar-refractivity contribution in [2.75, 3.05) is 13.2 Å². The summed E-state index contributed by atoms with van der Waals surface area (Å²) >= 11 is 0.